The number of carbonyl (C=O) groups excluding carboxylic acids is 1. The maximum atomic E-state index is 11.6. The third-order valence-corrected chi connectivity index (χ3v) is 1.69. The van der Waals surface area contributed by atoms with Gasteiger partial charge in [0, 0.05) is 5.69 Å². The molecule has 4 nitrogen and oxygen atoms in total. The Morgan fingerprint density at radius 1 is 1.27 bits per heavy atom. The van der Waals surface area contributed by atoms with E-state index in [4.69, 9.17) is 10.6 Å². The normalized spacial score (nSPS) is 10.9. The molecular weight excluding hydrogens is 192 g/mol. The first-order chi connectivity index (χ1) is 6.92. The molecule has 82 valence electrons. The van der Waals surface area contributed by atoms with Gasteiger partial charge in [-0.3, -0.25) is 5.84 Å². The van der Waals surface area contributed by atoms with Gasteiger partial charge in [0.1, 0.15) is 5.60 Å². The van der Waals surface area contributed by atoms with Crippen LogP contribution in [-0.4, -0.2) is 11.6 Å². The van der Waals surface area contributed by atoms with Crippen molar-refractivity contribution in [3.05, 3.63) is 29.8 Å². The van der Waals surface area contributed by atoms with Crippen molar-refractivity contribution in [2.75, 3.05) is 5.43 Å². The summed E-state index contributed by atoms with van der Waals surface area (Å²) in [5.74, 6) is 4.88. The van der Waals surface area contributed by atoms with Gasteiger partial charge in [0.15, 0.2) is 0 Å². The van der Waals surface area contributed by atoms with Crippen LogP contribution in [0.5, 0.6) is 0 Å². The van der Waals surface area contributed by atoms with Crippen LogP contribution >= 0.6 is 0 Å². The molecule has 0 fully saturated rings. The number of carbonyl (C=O) groups is 1. The van der Waals surface area contributed by atoms with E-state index in [-0.39, 0.29) is 5.97 Å². The van der Waals surface area contributed by atoms with Crippen LogP contribution in [0.4, 0.5) is 5.69 Å². The van der Waals surface area contributed by atoms with E-state index in [0.717, 1.165) is 5.69 Å². The van der Waals surface area contributed by atoms with Crippen LogP contribution in [0.1, 0.15) is 31.1 Å². The quantitative estimate of drug-likeness (QED) is 0.443. The fraction of sp³-hybridized carbons (Fsp3) is 0.364. The molecule has 0 aliphatic rings. The molecule has 0 aliphatic heterocycles. The Morgan fingerprint density at radius 3 is 2.20 bits per heavy atom. The van der Waals surface area contributed by atoms with Gasteiger partial charge in [-0.05, 0) is 45.0 Å². The van der Waals surface area contributed by atoms with Gasteiger partial charge in [-0.2, -0.15) is 0 Å². The number of anilines is 1. The average molecular weight is 208 g/mol. The van der Waals surface area contributed by atoms with Crippen molar-refractivity contribution in [3.8, 4) is 0 Å². The Balaban J connectivity index is 2.75. The van der Waals surface area contributed by atoms with Gasteiger partial charge >= 0.3 is 5.97 Å². The van der Waals surface area contributed by atoms with E-state index < -0.39 is 5.60 Å². The maximum Gasteiger partial charge on any atom is 0.338 e. The van der Waals surface area contributed by atoms with E-state index >= 15 is 0 Å². The molecule has 4 heteroatoms. The minimum absolute atomic E-state index is 0.328. The van der Waals surface area contributed by atoms with E-state index in [1.54, 1.807) is 24.3 Å². The summed E-state index contributed by atoms with van der Waals surface area (Å²) in [6.45, 7) is 5.50. The van der Waals surface area contributed by atoms with Crippen molar-refractivity contribution in [1.82, 2.24) is 0 Å². The Kier molecular flexibility index (Phi) is 3.31. The van der Waals surface area contributed by atoms with Crippen LogP contribution < -0.4 is 11.3 Å². The van der Waals surface area contributed by atoms with Crippen LogP contribution in [0.2, 0.25) is 0 Å². The number of rotatable bonds is 2. The molecule has 0 atom stereocenters. The summed E-state index contributed by atoms with van der Waals surface area (Å²) < 4.78 is 5.21. The number of hydrogen-bond acceptors (Lipinski definition) is 4. The van der Waals surface area contributed by atoms with E-state index in [0.29, 0.717) is 5.56 Å². The summed E-state index contributed by atoms with van der Waals surface area (Å²) in [4.78, 5) is 11.6. The molecular formula is C11H16N2O2. The number of hydrogen-bond donors (Lipinski definition) is 2. The Morgan fingerprint density at radius 2 is 1.80 bits per heavy atom. The zero-order valence-corrected chi connectivity index (χ0v) is 9.20. The van der Waals surface area contributed by atoms with Gasteiger partial charge in [0.05, 0.1) is 5.56 Å². The number of nitrogens with one attached hydrogen (secondary N) is 1. The average Bonchev–Trinajstić information content (AvgIpc) is 2.15. The largest absolute Gasteiger partial charge is 0.456 e. The van der Waals surface area contributed by atoms with Crippen molar-refractivity contribution in [2.45, 2.75) is 26.4 Å². The number of benzene rings is 1. The molecule has 0 bridgehead atoms. The monoisotopic (exact) mass is 208 g/mol. The summed E-state index contributed by atoms with van der Waals surface area (Å²) in [7, 11) is 0. The second-order valence-corrected chi connectivity index (χ2v) is 4.22. The van der Waals surface area contributed by atoms with Crippen molar-refractivity contribution in [1.29, 1.82) is 0 Å². The number of nitrogens with two attached hydrogens (primary N) is 1. The van der Waals surface area contributed by atoms with Crippen LogP contribution in [0.15, 0.2) is 24.3 Å². The standard InChI is InChI=1S/C11H16N2O2/c1-11(2,3)15-10(14)8-4-6-9(13-12)7-5-8/h4-7,13H,12H2,1-3H3. The molecule has 0 amide bonds. The molecule has 0 saturated heterocycles. The maximum absolute atomic E-state index is 11.6. The molecule has 0 unspecified atom stereocenters. The second-order valence-electron chi connectivity index (χ2n) is 4.22. The summed E-state index contributed by atoms with van der Waals surface area (Å²) in [6.07, 6.45) is 0. The lowest BCUT2D eigenvalue weighted by atomic mass is 10.1. The highest BCUT2D eigenvalue weighted by atomic mass is 16.6. The van der Waals surface area contributed by atoms with Crippen LogP contribution in [-0.2, 0) is 4.74 Å². The lowest BCUT2D eigenvalue weighted by molar-refractivity contribution is 0.00696. The van der Waals surface area contributed by atoms with E-state index in [9.17, 15) is 4.79 Å². The minimum Gasteiger partial charge on any atom is -0.456 e. The molecule has 1 aromatic rings. The molecule has 0 saturated carbocycles. The summed E-state index contributed by atoms with van der Waals surface area (Å²) in [5.41, 5.74) is 3.29. The molecule has 0 radical (unpaired) electrons. The smallest absolute Gasteiger partial charge is 0.338 e. The minimum atomic E-state index is -0.470. The lowest BCUT2D eigenvalue weighted by Crippen LogP contribution is -2.23. The molecule has 0 heterocycles. The molecule has 1 rings (SSSR count). The van der Waals surface area contributed by atoms with Crippen LogP contribution in [0.3, 0.4) is 0 Å². The molecule has 1 aromatic carbocycles. The first kappa shape index (κ1) is 11.5. The number of ether oxygens (including phenoxy) is 1. The van der Waals surface area contributed by atoms with Crippen molar-refractivity contribution in [2.24, 2.45) is 5.84 Å². The summed E-state index contributed by atoms with van der Waals surface area (Å²) in [6, 6.07) is 6.78. The third kappa shape index (κ3) is 3.59. The fourth-order valence-electron chi connectivity index (χ4n) is 1.04. The summed E-state index contributed by atoms with van der Waals surface area (Å²) in [5, 5.41) is 0. The van der Waals surface area contributed by atoms with Gasteiger partial charge < -0.3 is 10.2 Å². The van der Waals surface area contributed by atoms with E-state index in [2.05, 4.69) is 5.43 Å². The third-order valence-electron chi connectivity index (χ3n) is 1.69. The van der Waals surface area contributed by atoms with Gasteiger partial charge in [-0.15, -0.1) is 0 Å². The van der Waals surface area contributed by atoms with Crippen molar-refractivity contribution >= 4 is 11.7 Å². The highest BCUT2D eigenvalue weighted by Gasteiger charge is 2.17. The molecule has 3 N–H and O–H groups in total. The number of hydrazine groups is 1. The van der Waals surface area contributed by atoms with Gasteiger partial charge in [-0.25, -0.2) is 4.79 Å². The molecule has 0 aliphatic carbocycles. The van der Waals surface area contributed by atoms with Gasteiger partial charge in [0.25, 0.3) is 0 Å². The van der Waals surface area contributed by atoms with Crippen LogP contribution in [0.25, 0.3) is 0 Å². The lowest BCUT2D eigenvalue weighted by Gasteiger charge is -2.19. The Hall–Kier alpha value is -1.55. The van der Waals surface area contributed by atoms with Crippen molar-refractivity contribution in [3.63, 3.8) is 0 Å². The highest BCUT2D eigenvalue weighted by Crippen LogP contribution is 2.13. The highest BCUT2D eigenvalue weighted by molar-refractivity contribution is 5.90. The first-order valence-corrected chi connectivity index (χ1v) is 4.72. The predicted molar refractivity (Wildman–Crippen MR) is 59.4 cm³/mol. The van der Waals surface area contributed by atoms with E-state index in [1.165, 1.54) is 0 Å². The Labute approximate surface area is 89.4 Å². The molecule has 0 aromatic heterocycles. The number of nitrogen functional groups attached to an aromatic ring is 1. The Bertz CT molecular complexity index is 339. The molecule has 0 spiro atoms. The second kappa shape index (κ2) is 4.31. The zero-order valence-electron chi connectivity index (χ0n) is 9.20. The van der Waals surface area contributed by atoms with E-state index in [1.807, 2.05) is 20.8 Å². The van der Waals surface area contributed by atoms with Crippen LogP contribution in [0, 0.1) is 0 Å². The SMILES string of the molecule is CC(C)(C)OC(=O)c1ccc(NN)cc1. The van der Waals surface area contributed by atoms with Crippen molar-refractivity contribution < 1.29 is 9.53 Å². The fourth-order valence-corrected chi connectivity index (χ4v) is 1.04. The topological polar surface area (TPSA) is 64.3 Å². The molecule has 15 heavy (non-hydrogen) atoms. The zero-order chi connectivity index (χ0) is 11.5. The van der Waals surface area contributed by atoms with Gasteiger partial charge in [-0.1, -0.05) is 0 Å². The summed E-state index contributed by atoms with van der Waals surface area (Å²) >= 11 is 0. The van der Waals surface area contributed by atoms with Gasteiger partial charge in [0.2, 0.25) is 0 Å². The number of esters is 1. The predicted octanol–water partition coefficient (Wildman–Crippen LogP) is 1.93. The first-order valence-electron chi connectivity index (χ1n) is 4.72.